The maximum Gasteiger partial charge on any atom is 0.251 e. The number of aryl methyl sites for hydroxylation is 1. The van der Waals surface area contributed by atoms with Crippen molar-refractivity contribution in [2.24, 2.45) is 0 Å². The number of halogens is 1. The predicted molar refractivity (Wildman–Crippen MR) is 115 cm³/mol. The second kappa shape index (κ2) is 8.37. The number of carbonyl (C=O) groups is 1. The summed E-state index contributed by atoms with van der Waals surface area (Å²) in [5.74, 6) is -0.582. The van der Waals surface area contributed by atoms with Gasteiger partial charge in [-0.25, -0.2) is 9.37 Å². The van der Waals surface area contributed by atoms with Gasteiger partial charge < -0.3 is 5.32 Å². The second-order valence-electron chi connectivity index (χ2n) is 6.79. The summed E-state index contributed by atoms with van der Waals surface area (Å²) < 4.78 is 13.0. The summed E-state index contributed by atoms with van der Waals surface area (Å²) in [5, 5.41) is 5.88. The third-order valence-electron chi connectivity index (χ3n) is 4.61. The minimum atomic E-state index is -0.357. The van der Waals surface area contributed by atoms with E-state index >= 15 is 0 Å². The number of benzene rings is 3. The van der Waals surface area contributed by atoms with Crippen LogP contribution in [0.15, 0.2) is 78.2 Å². The van der Waals surface area contributed by atoms with E-state index in [0.29, 0.717) is 12.1 Å². The van der Waals surface area contributed by atoms with Gasteiger partial charge in [0.2, 0.25) is 0 Å². The molecule has 4 aromatic rings. The minimum Gasteiger partial charge on any atom is -0.348 e. The van der Waals surface area contributed by atoms with Gasteiger partial charge in [0.25, 0.3) is 5.91 Å². The van der Waals surface area contributed by atoms with Crippen LogP contribution in [0, 0.1) is 12.7 Å². The van der Waals surface area contributed by atoms with Crippen molar-refractivity contribution in [1.82, 2.24) is 10.3 Å². The third kappa shape index (κ3) is 4.58. The number of hydrogen-bond acceptors (Lipinski definition) is 3. The third-order valence-corrected chi connectivity index (χ3v) is 5.50. The number of nitrogens with one attached hydrogen (secondary N) is 1. The zero-order valence-electron chi connectivity index (χ0n) is 15.9. The molecule has 0 aliphatic carbocycles. The zero-order chi connectivity index (χ0) is 20.2. The summed E-state index contributed by atoms with van der Waals surface area (Å²) in [7, 11) is 0. The Balaban J connectivity index is 1.41. The Hall–Kier alpha value is -3.31. The Morgan fingerprint density at radius 1 is 0.931 bits per heavy atom. The van der Waals surface area contributed by atoms with Crippen LogP contribution in [-0.4, -0.2) is 10.9 Å². The molecule has 0 radical (unpaired) electrons. The number of hydrogen-bond donors (Lipinski definition) is 1. The molecule has 144 valence electrons. The van der Waals surface area contributed by atoms with Crippen molar-refractivity contribution in [3.8, 4) is 21.8 Å². The highest BCUT2D eigenvalue weighted by Crippen LogP contribution is 2.29. The molecule has 3 aromatic carbocycles. The SMILES string of the molecule is Cc1ccc(-c2csc(-c3ccc(CNC(=O)c4ccc(F)cc4)cc3)n2)cc1. The molecule has 0 bridgehead atoms. The van der Waals surface area contributed by atoms with Crippen molar-refractivity contribution < 1.29 is 9.18 Å². The van der Waals surface area contributed by atoms with Gasteiger partial charge in [-0.3, -0.25) is 4.79 Å². The summed E-state index contributed by atoms with van der Waals surface area (Å²) in [5.41, 5.74) is 5.78. The van der Waals surface area contributed by atoms with Crippen LogP contribution in [-0.2, 0) is 6.54 Å². The highest BCUT2D eigenvalue weighted by Gasteiger charge is 2.08. The van der Waals surface area contributed by atoms with E-state index in [2.05, 4.69) is 41.9 Å². The highest BCUT2D eigenvalue weighted by molar-refractivity contribution is 7.13. The van der Waals surface area contributed by atoms with E-state index in [4.69, 9.17) is 4.98 Å². The quantitative estimate of drug-likeness (QED) is 0.455. The molecular formula is C24H19FN2OS. The first-order valence-electron chi connectivity index (χ1n) is 9.24. The lowest BCUT2D eigenvalue weighted by Crippen LogP contribution is -2.22. The van der Waals surface area contributed by atoms with Gasteiger partial charge in [-0.1, -0.05) is 54.1 Å². The first-order chi connectivity index (χ1) is 14.1. The molecule has 4 rings (SSSR count). The molecule has 1 heterocycles. The van der Waals surface area contributed by atoms with Crippen molar-refractivity contribution >= 4 is 17.2 Å². The van der Waals surface area contributed by atoms with E-state index < -0.39 is 0 Å². The Labute approximate surface area is 172 Å². The number of aromatic nitrogens is 1. The van der Waals surface area contributed by atoms with Gasteiger partial charge in [0, 0.05) is 28.6 Å². The predicted octanol–water partition coefficient (Wildman–Crippen LogP) is 5.85. The molecule has 1 amide bonds. The lowest BCUT2D eigenvalue weighted by Gasteiger charge is -2.06. The molecule has 0 aliphatic heterocycles. The van der Waals surface area contributed by atoms with Crippen LogP contribution in [0.25, 0.3) is 21.8 Å². The number of rotatable bonds is 5. The summed E-state index contributed by atoms with van der Waals surface area (Å²) in [6.45, 7) is 2.48. The molecule has 0 atom stereocenters. The number of amides is 1. The molecule has 29 heavy (non-hydrogen) atoms. The standard InChI is InChI=1S/C24H19FN2OS/c1-16-2-6-18(7-3-16)22-15-29-24(27-22)20-8-4-17(5-9-20)14-26-23(28)19-10-12-21(25)13-11-19/h2-13,15H,14H2,1H3,(H,26,28). The van der Waals surface area contributed by atoms with E-state index in [-0.39, 0.29) is 11.7 Å². The molecular weight excluding hydrogens is 383 g/mol. The number of carbonyl (C=O) groups excluding carboxylic acids is 1. The van der Waals surface area contributed by atoms with Crippen molar-refractivity contribution in [1.29, 1.82) is 0 Å². The maximum atomic E-state index is 13.0. The Bertz CT molecular complexity index is 1120. The molecule has 1 aromatic heterocycles. The maximum absolute atomic E-state index is 13.0. The van der Waals surface area contributed by atoms with Crippen LogP contribution in [0.5, 0.6) is 0 Å². The summed E-state index contributed by atoms with van der Waals surface area (Å²) >= 11 is 1.61. The van der Waals surface area contributed by atoms with Crippen molar-refractivity contribution in [2.45, 2.75) is 13.5 Å². The Morgan fingerprint density at radius 3 is 2.28 bits per heavy atom. The Kier molecular flexibility index (Phi) is 5.49. The van der Waals surface area contributed by atoms with Crippen molar-refractivity contribution in [3.05, 3.63) is 101 Å². The fourth-order valence-electron chi connectivity index (χ4n) is 2.91. The second-order valence-corrected chi connectivity index (χ2v) is 7.65. The average molecular weight is 402 g/mol. The van der Waals surface area contributed by atoms with Crippen LogP contribution >= 0.6 is 11.3 Å². The average Bonchev–Trinajstić information content (AvgIpc) is 3.24. The lowest BCUT2D eigenvalue weighted by atomic mass is 10.1. The normalized spacial score (nSPS) is 10.7. The lowest BCUT2D eigenvalue weighted by molar-refractivity contribution is 0.0951. The first-order valence-corrected chi connectivity index (χ1v) is 10.1. The van der Waals surface area contributed by atoms with Crippen LogP contribution < -0.4 is 5.32 Å². The minimum absolute atomic E-state index is 0.225. The molecule has 5 heteroatoms. The van der Waals surface area contributed by atoms with E-state index in [1.165, 1.54) is 29.8 Å². The fourth-order valence-corrected chi connectivity index (χ4v) is 3.75. The van der Waals surface area contributed by atoms with Gasteiger partial charge in [-0.2, -0.15) is 0 Å². The van der Waals surface area contributed by atoms with Crippen molar-refractivity contribution in [2.75, 3.05) is 0 Å². The highest BCUT2D eigenvalue weighted by atomic mass is 32.1. The van der Waals surface area contributed by atoms with Gasteiger partial charge in [-0.05, 0) is 36.8 Å². The van der Waals surface area contributed by atoms with Gasteiger partial charge in [0.15, 0.2) is 0 Å². The van der Waals surface area contributed by atoms with Crippen molar-refractivity contribution in [3.63, 3.8) is 0 Å². The van der Waals surface area contributed by atoms with E-state index in [1.54, 1.807) is 11.3 Å². The molecule has 0 fully saturated rings. The smallest absolute Gasteiger partial charge is 0.251 e. The van der Waals surface area contributed by atoms with Gasteiger partial charge in [0.05, 0.1) is 5.69 Å². The first kappa shape index (κ1) is 19.0. The molecule has 0 spiro atoms. The Morgan fingerprint density at radius 2 is 1.59 bits per heavy atom. The summed E-state index contributed by atoms with van der Waals surface area (Å²) in [4.78, 5) is 16.9. The number of thiazole rings is 1. The zero-order valence-corrected chi connectivity index (χ0v) is 16.7. The molecule has 0 aliphatic rings. The summed E-state index contributed by atoms with van der Waals surface area (Å²) in [6.07, 6.45) is 0. The topological polar surface area (TPSA) is 42.0 Å². The van der Waals surface area contributed by atoms with Gasteiger partial charge in [0.1, 0.15) is 10.8 Å². The van der Waals surface area contributed by atoms with E-state index in [9.17, 15) is 9.18 Å². The largest absolute Gasteiger partial charge is 0.348 e. The van der Waals surface area contributed by atoms with Crippen LogP contribution in [0.1, 0.15) is 21.5 Å². The van der Waals surface area contributed by atoms with Gasteiger partial charge >= 0.3 is 0 Å². The van der Waals surface area contributed by atoms with Crippen LogP contribution in [0.3, 0.4) is 0 Å². The van der Waals surface area contributed by atoms with Crippen LogP contribution in [0.4, 0.5) is 4.39 Å². The molecule has 0 unspecified atom stereocenters. The number of nitrogens with zero attached hydrogens (tertiary/aromatic N) is 1. The molecule has 0 saturated carbocycles. The fraction of sp³-hybridized carbons (Fsp3) is 0.0833. The molecule has 1 N–H and O–H groups in total. The van der Waals surface area contributed by atoms with E-state index in [0.717, 1.165) is 27.4 Å². The molecule has 3 nitrogen and oxygen atoms in total. The van der Waals surface area contributed by atoms with Crippen LogP contribution in [0.2, 0.25) is 0 Å². The van der Waals surface area contributed by atoms with E-state index in [1.807, 2.05) is 24.3 Å². The summed E-state index contributed by atoms with van der Waals surface area (Å²) in [6, 6.07) is 21.8. The van der Waals surface area contributed by atoms with Gasteiger partial charge in [-0.15, -0.1) is 11.3 Å². The molecule has 0 saturated heterocycles. The monoisotopic (exact) mass is 402 g/mol.